The first kappa shape index (κ1) is 26.1. The molecule has 0 spiro atoms. The number of carbonyl (C=O) groups excluding carboxylic acids is 1. The molecule has 2 unspecified atom stereocenters. The van der Waals surface area contributed by atoms with Gasteiger partial charge in [-0.25, -0.2) is 18.5 Å². The number of alkyl halides is 2. The Labute approximate surface area is 193 Å². The Morgan fingerprint density at radius 1 is 1.21 bits per heavy atom. The number of rotatable bonds is 8. The summed E-state index contributed by atoms with van der Waals surface area (Å²) in [5.74, 6) is -1.50. The lowest BCUT2D eigenvalue weighted by Crippen LogP contribution is -2.44. The van der Waals surface area contributed by atoms with Gasteiger partial charge in [0, 0.05) is 33.5 Å². The maximum atomic E-state index is 15.1. The third kappa shape index (κ3) is 5.11. The number of aromatic nitrogens is 3. The summed E-state index contributed by atoms with van der Waals surface area (Å²) >= 11 is 5.03. The van der Waals surface area contributed by atoms with E-state index in [1.165, 1.54) is 14.1 Å². The summed E-state index contributed by atoms with van der Waals surface area (Å²) in [5, 5.41) is 0. The van der Waals surface area contributed by atoms with E-state index in [4.69, 9.17) is 18.6 Å². The molecule has 7 nitrogen and oxygen atoms in total. The highest BCUT2D eigenvalue weighted by molar-refractivity contribution is 7.71. The van der Waals surface area contributed by atoms with Gasteiger partial charge in [-0.05, 0) is 42.1 Å². The van der Waals surface area contributed by atoms with Crippen molar-refractivity contribution in [3.8, 4) is 23.8 Å². The fraction of sp³-hybridized carbons (Fsp3) is 0.455. The molecular weight excluding hydrogens is 459 g/mol. The second-order valence-corrected chi connectivity index (χ2v) is 8.19. The van der Waals surface area contributed by atoms with Crippen LogP contribution < -0.4 is 16.1 Å². The SMILES string of the molecule is C#CCCC(C)C(C)c1cc(-n2c(=O)n(C)c(=S)n(C)c2=O)c(F)cc1OC(F)(F)C(C)=O. The Morgan fingerprint density at radius 3 is 2.24 bits per heavy atom. The molecular formula is C22H24F3N3O4S. The maximum Gasteiger partial charge on any atom is 0.460 e. The van der Waals surface area contributed by atoms with Crippen LogP contribution in [0.15, 0.2) is 21.7 Å². The van der Waals surface area contributed by atoms with E-state index >= 15 is 4.39 Å². The van der Waals surface area contributed by atoms with Crippen molar-refractivity contribution < 1.29 is 22.7 Å². The molecule has 0 saturated carbocycles. The minimum absolute atomic E-state index is 0.0795. The first-order valence-electron chi connectivity index (χ1n) is 9.98. The van der Waals surface area contributed by atoms with E-state index in [0.29, 0.717) is 30.4 Å². The van der Waals surface area contributed by atoms with Crippen molar-refractivity contribution in [1.29, 1.82) is 0 Å². The summed E-state index contributed by atoms with van der Waals surface area (Å²) in [5.41, 5.74) is -2.21. The van der Waals surface area contributed by atoms with Crippen LogP contribution in [-0.4, -0.2) is 25.6 Å². The highest BCUT2D eigenvalue weighted by Gasteiger charge is 2.39. The number of hydrogen-bond acceptors (Lipinski definition) is 5. The summed E-state index contributed by atoms with van der Waals surface area (Å²) in [4.78, 5) is 36.8. The molecule has 0 saturated heterocycles. The van der Waals surface area contributed by atoms with E-state index in [1.54, 1.807) is 6.92 Å². The molecule has 0 amide bonds. The second-order valence-electron chi connectivity index (χ2n) is 7.83. The highest BCUT2D eigenvalue weighted by atomic mass is 32.1. The lowest BCUT2D eigenvalue weighted by molar-refractivity contribution is -0.188. The molecule has 0 aliphatic rings. The van der Waals surface area contributed by atoms with E-state index in [0.717, 1.165) is 15.2 Å². The zero-order valence-electron chi connectivity index (χ0n) is 18.8. The summed E-state index contributed by atoms with van der Waals surface area (Å²) < 4.78 is 50.3. The van der Waals surface area contributed by atoms with Crippen molar-refractivity contribution in [2.75, 3.05) is 0 Å². The van der Waals surface area contributed by atoms with Gasteiger partial charge in [-0.15, -0.1) is 12.3 Å². The Kier molecular flexibility index (Phi) is 7.75. The van der Waals surface area contributed by atoms with Gasteiger partial charge in [-0.1, -0.05) is 13.8 Å². The third-order valence-corrected chi connectivity index (χ3v) is 6.13. The molecule has 0 bridgehead atoms. The molecule has 33 heavy (non-hydrogen) atoms. The molecule has 0 N–H and O–H groups in total. The molecule has 0 aliphatic heterocycles. The maximum absolute atomic E-state index is 15.1. The van der Waals surface area contributed by atoms with Crippen LogP contribution >= 0.6 is 12.2 Å². The minimum Gasteiger partial charge on any atom is -0.426 e. The van der Waals surface area contributed by atoms with Crippen LogP contribution in [0.4, 0.5) is 13.2 Å². The van der Waals surface area contributed by atoms with Crippen LogP contribution in [0.5, 0.6) is 5.75 Å². The van der Waals surface area contributed by atoms with Gasteiger partial charge < -0.3 is 4.74 Å². The van der Waals surface area contributed by atoms with Gasteiger partial charge in [0.05, 0.1) is 5.69 Å². The Morgan fingerprint density at radius 2 is 1.76 bits per heavy atom. The first-order valence-corrected chi connectivity index (χ1v) is 10.4. The van der Waals surface area contributed by atoms with Crippen LogP contribution in [0, 0.1) is 28.8 Å². The van der Waals surface area contributed by atoms with Crippen LogP contribution in [-0.2, 0) is 18.9 Å². The molecule has 1 aromatic heterocycles. The highest BCUT2D eigenvalue weighted by Crippen LogP contribution is 2.38. The number of benzene rings is 1. The zero-order chi connectivity index (χ0) is 25.2. The average molecular weight is 484 g/mol. The molecule has 1 heterocycles. The fourth-order valence-corrected chi connectivity index (χ4v) is 3.39. The molecule has 2 aromatic rings. The lowest BCUT2D eigenvalue weighted by Gasteiger charge is -2.25. The smallest absolute Gasteiger partial charge is 0.426 e. The first-order chi connectivity index (χ1) is 15.2. The van der Waals surface area contributed by atoms with Crippen LogP contribution in [0.2, 0.25) is 0 Å². The summed E-state index contributed by atoms with van der Waals surface area (Å²) in [6, 6.07) is 1.74. The van der Waals surface area contributed by atoms with E-state index in [2.05, 4.69) is 10.7 Å². The third-order valence-electron chi connectivity index (χ3n) is 5.59. The topological polar surface area (TPSA) is 75.2 Å². The van der Waals surface area contributed by atoms with Crippen LogP contribution in [0.25, 0.3) is 5.69 Å². The predicted octanol–water partition coefficient (Wildman–Crippen LogP) is 3.46. The standard InChI is InChI=1S/C22H24F3N3O4S/c1-7-8-9-12(2)13(3)15-10-17(16(23)11-18(15)32-22(24,25)14(4)29)28-19(30)26(5)21(33)27(6)20(28)31/h1,10-13H,8-9H2,2-6H3. The number of halogens is 3. The van der Waals surface area contributed by atoms with Crippen molar-refractivity contribution in [2.24, 2.45) is 20.0 Å². The quantitative estimate of drug-likeness (QED) is 0.425. The van der Waals surface area contributed by atoms with Crippen molar-refractivity contribution in [2.45, 2.75) is 45.6 Å². The normalized spacial score (nSPS) is 13.3. The van der Waals surface area contributed by atoms with Gasteiger partial charge in [-0.2, -0.15) is 8.78 Å². The number of ether oxygens (including phenoxy) is 1. The summed E-state index contributed by atoms with van der Waals surface area (Å²) in [7, 11) is 2.63. The van der Waals surface area contributed by atoms with Crippen molar-refractivity contribution in [1.82, 2.24) is 13.7 Å². The zero-order valence-corrected chi connectivity index (χ0v) is 19.6. The number of carbonyl (C=O) groups is 1. The van der Waals surface area contributed by atoms with Crippen molar-refractivity contribution in [3.05, 3.63) is 49.3 Å². The van der Waals surface area contributed by atoms with Gasteiger partial charge in [0.15, 0.2) is 10.6 Å². The average Bonchev–Trinajstić information content (AvgIpc) is 2.75. The van der Waals surface area contributed by atoms with E-state index in [1.807, 2.05) is 6.92 Å². The summed E-state index contributed by atoms with van der Waals surface area (Å²) in [6.07, 6.45) is 2.04. The Bertz CT molecular complexity index is 1260. The largest absolute Gasteiger partial charge is 0.460 e. The Balaban J connectivity index is 2.84. The molecule has 178 valence electrons. The summed E-state index contributed by atoms with van der Waals surface area (Å²) in [6.45, 7) is 4.14. The molecule has 11 heteroatoms. The van der Waals surface area contributed by atoms with Crippen molar-refractivity contribution >= 4 is 18.0 Å². The van der Waals surface area contributed by atoms with E-state index < -0.39 is 46.4 Å². The predicted molar refractivity (Wildman–Crippen MR) is 119 cm³/mol. The van der Waals surface area contributed by atoms with Crippen LogP contribution in [0.1, 0.15) is 45.1 Å². The van der Waals surface area contributed by atoms with Gasteiger partial charge >= 0.3 is 17.5 Å². The molecule has 0 radical (unpaired) electrons. The number of Topliss-reactive ketones (excluding diaryl/α,β-unsaturated/α-hetero) is 1. The molecule has 2 rings (SSSR count). The number of ketones is 1. The number of terminal acetylenes is 1. The Hall–Kier alpha value is -3.13. The van der Waals surface area contributed by atoms with Gasteiger partial charge in [0.25, 0.3) is 0 Å². The van der Waals surface area contributed by atoms with E-state index in [9.17, 15) is 23.2 Å². The monoisotopic (exact) mass is 483 g/mol. The lowest BCUT2D eigenvalue weighted by atomic mass is 9.85. The van der Waals surface area contributed by atoms with Crippen molar-refractivity contribution in [3.63, 3.8) is 0 Å². The van der Waals surface area contributed by atoms with Gasteiger partial charge in [0.2, 0.25) is 5.78 Å². The van der Waals surface area contributed by atoms with E-state index in [-0.39, 0.29) is 16.3 Å². The molecule has 0 fully saturated rings. The molecule has 0 aliphatic carbocycles. The number of hydrogen-bond donors (Lipinski definition) is 0. The minimum atomic E-state index is -4.20. The van der Waals surface area contributed by atoms with Crippen LogP contribution in [0.3, 0.4) is 0 Å². The molecule has 1 aromatic carbocycles. The van der Waals surface area contributed by atoms with Gasteiger partial charge in [-0.3, -0.25) is 13.9 Å². The second kappa shape index (κ2) is 9.79. The fourth-order valence-electron chi connectivity index (χ4n) is 3.23. The molecule has 2 atom stereocenters. The number of nitrogens with zero attached hydrogens (tertiary/aromatic N) is 3. The van der Waals surface area contributed by atoms with Gasteiger partial charge in [0.1, 0.15) is 5.75 Å².